The molecule has 0 spiro atoms. The monoisotopic (exact) mass is 549 g/mol. The highest BCUT2D eigenvalue weighted by Crippen LogP contribution is 2.41. The number of benzene rings is 3. The van der Waals surface area contributed by atoms with E-state index in [1.165, 1.54) is 55.6 Å². The number of nitrogens with zero attached hydrogens (tertiary/aromatic N) is 2. The fourth-order valence-corrected chi connectivity index (χ4v) is 6.77. The van der Waals surface area contributed by atoms with Crippen molar-refractivity contribution in [2.75, 3.05) is 18.4 Å². The minimum absolute atomic E-state index is 0.281. The van der Waals surface area contributed by atoms with Crippen molar-refractivity contribution in [1.82, 2.24) is 20.3 Å². The van der Waals surface area contributed by atoms with Crippen molar-refractivity contribution < 1.29 is 0 Å². The lowest BCUT2D eigenvalue weighted by molar-refractivity contribution is 0.235. The van der Waals surface area contributed by atoms with Gasteiger partial charge in [0.2, 0.25) is 0 Å². The van der Waals surface area contributed by atoms with Gasteiger partial charge in [-0.25, -0.2) is 0 Å². The molecule has 5 heteroatoms. The average molecular weight is 550 g/mol. The fraction of sp³-hybridized carbons (Fsp3) is 0.189. The Labute approximate surface area is 246 Å². The number of hydrogen-bond acceptors (Lipinski definition) is 4. The van der Waals surface area contributed by atoms with E-state index in [0.717, 1.165) is 43.7 Å². The zero-order chi connectivity index (χ0) is 28.0. The van der Waals surface area contributed by atoms with E-state index in [9.17, 15) is 0 Å². The minimum atomic E-state index is 0.281. The standard InChI is InChI=1S/C37H35N5/c1-25-24-39-35(27-11-3-2-4-12-27)37(42(25)40-29-13-6-7-14-29)28-17-20-30(21-18-28)41-32-22-19-26-10-5-8-15-31(26)34(32)36-33(41)16-9-23-38-36/h2-3,5-6,8-11,13-22,25,38-40H,4,7,12,23-24H2,1H3. The highest BCUT2D eigenvalue weighted by molar-refractivity contribution is 6.15. The van der Waals surface area contributed by atoms with Crippen molar-refractivity contribution >= 4 is 39.1 Å². The van der Waals surface area contributed by atoms with E-state index in [1.54, 1.807) is 0 Å². The van der Waals surface area contributed by atoms with Gasteiger partial charge in [-0.1, -0.05) is 78.9 Å². The van der Waals surface area contributed by atoms with Crippen molar-refractivity contribution in [1.29, 1.82) is 0 Å². The molecule has 2 aliphatic heterocycles. The Balaban J connectivity index is 1.27. The van der Waals surface area contributed by atoms with Crippen LogP contribution in [0.15, 0.2) is 120 Å². The Morgan fingerprint density at radius 2 is 1.81 bits per heavy atom. The minimum Gasteiger partial charge on any atom is -0.381 e. The molecule has 0 radical (unpaired) electrons. The molecule has 3 heterocycles. The molecule has 0 saturated carbocycles. The van der Waals surface area contributed by atoms with Crippen molar-refractivity contribution in [2.24, 2.45) is 0 Å². The van der Waals surface area contributed by atoms with Crippen LogP contribution in [0.4, 0.5) is 5.69 Å². The molecule has 4 aromatic rings. The van der Waals surface area contributed by atoms with Crippen molar-refractivity contribution in [3.8, 4) is 5.69 Å². The summed E-state index contributed by atoms with van der Waals surface area (Å²) < 4.78 is 2.40. The van der Waals surface area contributed by atoms with Crippen molar-refractivity contribution in [2.45, 2.75) is 32.2 Å². The summed E-state index contributed by atoms with van der Waals surface area (Å²) in [5.74, 6) is 0. The van der Waals surface area contributed by atoms with Crippen LogP contribution < -0.4 is 16.1 Å². The van der Waals surface area contributed by atoms with E-state index in [4.69, 9.17) is 0 Å². The molecule has 3 N–H and O–H groups in total. The normalized spacial score (nSPS) is 19.5. The maximum absolute atomic E-state index is 3.80. The lowest BCUT2D eigenvalue weighted by atomic mass is 9.95. The van der Waals surface area contributed by atoms with Gasteiger partial charge in [0, 0.05) is 29.7 Å². The van der Waals surface area contributed by atoms with E-state index in [-0.39, 0.29) is 6.04 Å². The Hall–Kier alpha value is -4.90. The molecule has 0 fully saturated rings. The topological polar surface area (TPSA) is 44.3 Å². The number of allylic oxidation sites excluding steroid dienone is 7. The average Bonchev–Trinajstić information content (AvgIpc) is 3.68. The van der Waals surface area contributed by atoms with Gasteiger partial charge in [0.1, 0.15) is 0 Å². The highest BCUT2D eigenvalue weighted by Gasteiger charge is 2.29. The molecule has 4 aliphatic rings. The first-order chi connectivity index (χ1) is 20.8. The zero-order valence-electron chi connectivity index (χ0n) is 23.9. The summed E-state index contributed by atoms with van der Waals surface area (Å²) in [6.45, 7) is 4.01. The summed E-state index contributed by atoms with van der Waals surface area (Å²) in [4.78, 5) is 0. The van der Waals surface area contributed by atoms with Gasteiger partial charge in [-0.15, -0.1) is 0 Å². The Kier molecular flexibility index (Phi) is 6.03. The molecule has 5 nitrogen and oxygen atoms in total. The van der Waals surface area contributed by atoms with Crippen LogP contribution >= 0.6 is 0 Å². The SMILES string of the molecule is CC1CNC(C2=CC=CCC2)=C(c2ccc(-n3c4c(c5c6ccccc6ccc53)NCC=C4)cc2)N1NC1=CCC=C1. The number of fused-ring (bicyclic) bond motifs is 5. The summed E-state index contributed by atoms with van der Waals surface area (Å²) in [7, 11) is 0. The Morgan fingerprint density at radius 3 is 2.64 bits per heavy atom. The van der Waals surface area contributed by atoms with Crippen molar-refractivity contribution in [3.63, 3.8) is 0 Å². The first-order valence-electron chi connectivity index (χ1n) is 15.1. The van der Waals surface area contributed by atoms with Gasteiger partial charge in [-0.2, -0.15) is 0 Å². The van der Waals surface area contributed by atoms with Crippen LogP contribution in [0.1, 0.15) is 37.4 Å². The summed E-state index contributed by atoms with van der Waals surface area (Å²) >= 11 is 0. The van der Waals surface area contributed by atoms with E-state index in [2.05, 4.69) is 142 Å². The Bertz CT molecular complexity index is 1890. The predicted octanol–water partition coefficient (Wildman–Crippen LogP) is 7.81. The second kappa shape index (κ2) is 10.2. The molecule has 0 saturated heterocycles. The number of hydrogen-bond donors (Lipinski definition) is 3. The van der Waals surface area contributed by atoms with Crippen LogP contribution in [0.2, 0.25) is 0 Å². The molecule has 1 unspecified atom stereocenters. The van der Waals surface area contributed by atoms with Gasteiger partial charge in [-0.3, -0.25) is 10.4 Å². The number of anilines is 1. The van der Waals surface area contributed by atoms with Gasteiger partial charge in [0.25, 0.3) is 0 Å². The number of nitrogens with one attached hydrogen (secondary N) is 3. The summed E-state index contributed by atoms with van der Waals surface area (Å²) in [6, 6.07) is 22.6. The predicted molar refractivity (Wildman–Crippen MR) is 176 cm³/mol. The lowest BCUT2D eigenvalue weighted by Crippen LogP contribution is -2.51. The maximum Gasteiger partial charge on any atom is 0.0882 e. The molecular weight excluding hydrogens is 514 g/mol. The summed E-state index contributed by atoms with van der Waals surface area (Å²) in [6.07, 6.45) is 20.9. The quantitative estimate of drug-likeness (QED) is 0.238. The number of hydrazine groups is 1. The third-order valence-electron chi connectivity index (χ3n) is 8.81. The summed E-state index contributed by atoms with van der Waals surface area (Å²) in [5, 5.41) is 13.7. The zero-order valence-corrected chi connectivity index (χ0v) is 23.9. The van der Waals surface area contributed by atoms with Gasteiger partial charge in [0.15, 0.2) is 0 Å². The molecule has 0 bridgehead atoms. The van der Waals surface area contributed by atoms with Gasteiger partial charge in [0.05, 0.1) is 40.0 Å². The molecule has 3 aromatic carbocycles. The van der Waals surface area contributed by atoms with E-state index in [0.29, 0.717) is 0 Å². The van der Waals surface area contributed by atoms with Crippen molar-refractivity contribution in [3.05, 3.63) is 131 Å². The molecule has 208 valence electrons. The lowest BCUT2D eigenvalue weighted by Gasteiger charge is -2.41. The highest BCUT2D eigenvalue weighted by atomic mass is 15.5. The maximum atomic E-state index is 3.80. The number of aromatic nitrogens is 1. The fourth-order valence-electron chi connectivity index (χ4n) is 6.77. The van der Waals surface area contributed by atoms with Crippen LogP contribution in [0.5, 0.6) is 0 Å². The largest absolute Gasteiger partial charge is 0.381 e. The summed E-state index contributed by atoms with van der Waals surface area (Å²) in [5.41, 5.74) is 14.7. The first kappa shape index (κ1) is 24.9. The van der Waals surface area contributed by atoms with E-state index >= 15 is 0 Å². The van der Waals surface area contributed by atoms with Gasteiger partial charge >= 0.3 is 0 Å². The van der Waals surface area contributed by atoms with Crippen LogP contribution in [0, 0.1) is 0 Å². The van der Waals surface area contributed by atoms with Crippen LogP contribution in [0.3, 0.4) is 0 Å². The second-order valence-electron chi connectivity index (χ2n) is 11.5. The molecule has 8 rings (SSSR count). The number of rotatable bonds is 5. The van der Waals surface area contributed by atoms with Crippen LogP contribution in [-0.2, 0) is 0 Å². The first-order valence-corrected chi connectivity index (χ1v) is 15.1. The molecule has 1 atom stereocenters. The van der Waals surface area contributed by atoms with E-state index in [1.807, 2.05) is 0 Å². The second-order valence-corrected chi connectivity index (χ2v) is 11.5. The van der Waals surface area contributed by atoms with E-state index < -0.39 is 0 Å². The Morgan fingerprint density at radius 1 is 0.905 bits per heavy atom. The van der Waals surface area contributed by atoms with Gasteiger partial charge in [-0.05, 0) is 72.9 Å². The van der Waals surface area contributed by atoms with Crippen LogP contribution in [0.25, 0.3) is 39.1 Å². The smallest absolute Gasteiger partial charge is 0.0882 e. The molecule has 42 heavy (non-hydrogen) atoms. The third-order valence-corrected chi connectivity index (χ3v) is 8.81. The van der Waals surface area contributed by atoms with Crippen LogP contribution in [-0.4, -0.2) is 28.7 Å². The molecule has 0 amide bonds. The van der Waals surface area contributed by atoms with Gasteiger partial charge < -0.3 is 15.2 Å². The third kappa shape index (κ3) is 4.07. The molecule has 1 aromatic heterocycles. The molecule has 2 aliphatic carbocycles. The molecular formula is C37H35N5.